The van der Waals surface area contributed by atoms with E-state index in [1.54, 1.807) is 0 Å². The molecule has 1 heterocycles. The van der Waals surface area contributed by atoms with Crippen molar-refractivity contribution in [2.75, 3.05) is 0 Å². The molecule has 0 N–H and O–H groups in total. The largest absolute Gasteiger partial charge is 0.482 e. The summed E-state index contributed by atoms with van der Waals surface area (Å²) in [7, 11) is 0. The molecule has 2 rings (SSSR count). The van der Waals surface area contributed by atoms with Crippen molar-refractivity contribution < 1.29 is 9.53 Å². The molecule has 0 bridgehead atoms. The lowest BCUT2D eigenvalue weighted by molar-refractivity contribution is -0.124. The molecule has 2 heteroatoms. The number of benzene rings is 1. The molecule has 0 amide bonds. The third-order valence-corrected chi connectivity index (χ3v) is 2.35. The van der Waals surface area contributed by atoms with Crippen molar-refractivity contribution in [2.45, 2.75) is 25.9 Å². The van der Waals surface area contributed by atoms with Gasteiger partial charge in [0, 0.05) is 12.8 Å². The molecule has 1 aliphatic rings. The maximum Gasteiger partial charge on any atom is 0.173 e. The maximum absolute atomic E-state index is 11.4. The monoisotopic (exact) mass is 176 g/mol. The quantitative estimate of drug-likeness (QED) is 0.688. The van der Waals surface area contributed by atoms with E-state index >= 15 is 0 Å². The zero-order valence-corrected chi connectivity index (χ0v) is 7.62. The Morgan fingerprint density at radius 2 is 2.31 bits per heavy atom. The van der Waals surface area contributed by atoms with Crippen molar-refractivity contribution in [2.24, 2.45) is 0 Å². The number of ketones is 1. The van der Waals surface area contributed by atoms with Gasteiger partial charge < -0.3 is 4.74 Å². The Bertz CT molecular complexity index is 306. The number of carbonyl (C=O) groups is 1. The summed E-state index contributed by atoms with van der Waals surface area (Å²) < 4.78 is 5.51. The van der Waals surface area contributed by atoms with Crippen molar-refractivity contribution >= 4 is 5.78 Å². The summed E-state index contributed by atoms with van der Waals surface area (Å²) in [6.07, 6.45) is 1.06. The Morgan fingerprint density at radius 3 is 3.00 bits per heavy atom. The maximum atomic E-state index is 11.4. The van der Waals surface area contributed by atoms with Gasteiger partial charge in [-0.3, -0.25) is 4.79 Å². The van der Waals surface area contributed by atoms with Gasteiger partial charge in [0.2, 0.25) is 0 Å². The molecular formula is C11H12O2. The number of ether oxygens (including phenoxy) is 1. The van der Waals surface area contributed by atoms with Gasteiger partial charge >= 0.3 is 0 Å². The molecule has 13 heavy (non-hydrogen) atoms. The van der Waals surface area contributed by atoms with E-state index in [1.807, 2.05) is 31.2 Å². The number of para-hydroxylation sites is 1. The summed E-state index contributed by atoms with van der Waals surface area (Å²) in [6.45, 7) is 1.87. The highest BCUT2D eigenvalue weighted by Crippen LogP contribution is 2.28. The Labute approximate surface area is 77.5 Å². The zero-order chi connectivity index (χ0) is 9.26. The van der Waals surface area contributed by atoms with Gasteiger partial charge in [0.25, 0.3) is 0 Å². The molecule has 2 nitrogen and oxygen atoms in total. The van der Waals surface area contributed by atoms with E-state index in [4.69, 9.17) is 4.74 Å². The second-order valence-electron chi connectivity index (χ2n) is 3.24. The van der Waals surface area contributed by atoms with Crippen LogP contribution in [0.3, 0.4) is 0 Å². The lowest BCUT2D eigenvalue weighted by atomic mass is 10.1. The van der Waals surface area contributed by atoms with Gasteiger partial charge in [-0.2, -0.15) is 0 Å². The van der Waals surface area contributed by atoms with Gasteiger partial charge in [-0.15, -0.1) is 0 Å². The number of Topliss-reactive ketones (excluding diaryl/α,β-unsaturated/α-hetero) is 1. The Kier molecular flexibility index (Phi) is 2.05. The van der Waals surface area contributed by atoms with E-state index < -0.39 is 0 Å². The first-order valence-corrected chi connectivity index (χ1v) is 4.58. The summed E-state index contributed by atoms with van der Waals surface area (Å²) in [5.74, 6) is 1.06. The van der Waals surface area contributed by atoms with Crippen LogP contribution < -0.4 is 4.74 Å². The summed E-state index contributed by atoms with van der Waals surface area (Å²) in [4.78, 5) is 11.4. The van der Waals surface area contributed by atoms with Crippen LogP contribution in [0.25, 0.3) is 0 Å². The van der Waals surface area contributed by atoms with Crippen LogP contribution in [0.1, 0.15) is 18.9 Å². The Balaban J connectivity index is 2.18. The molecular weight excluding hydrogens is 164 g/mol. The van der Waals surface area contributed by atoms with Gasteiger partial charge in [0.05, 0.1) is 0 Å². The van der Waals surface area contributed by atoms with Crippen molar-refractivity contribution in [3.05, 3.63) is 29.8 Å². The highest BCUT2D eigenvalue weighted by atomic mass is 16.5. The van der Waals surface area contributed by atoms with E-state index in [1.165, 1.54) is 0 Å². The van der Waals surface area contributed by atoms with E-state index in [9.17, 15) is 4.79 Å². The van der Waals surface area contributed by atoms with E-state index in [2.05, 4.69) is 0 Å². The third-order valence-electron chi connectivity index (χ3n) is 2.35. The van der Waals surface area contributed by atoms with Crippen molar-refractivity contribution in [3.63, 3.8) is 0 Å². The van der Waals surface area contributed by atoms with Crippen LogP contribution in [0.5, 0.6) is 5.75 Å². The predicted molar refractivity (Wildman–Crippen MR) is 49.9 cm³/mol. The van der Waals surface area contributed by atoms with Crippen LogP contribution in [0.2, 0.25) is 0 Å². The molecule has 0 aromatic heterocycles. The first-order chi connectivity index (χ1) is 6.31. The molecule has 1 aromatic rings. The van der Waals surface area contributed by atoms with Crippen LogP contribution >= 0.6 is 0 Å². The molecule has 1 aromatic carbocycles. The first kappa shape index (κ1) is 8.30. The van der Waals surface area contributed by atoms with Gasteiger partial charge in [-0.1, -0.05) is 25.1 Å². The molecule has 68 valence electrons. The number of hydrogen-bond donors (Lipinski definition) is 0. The van der Waals surface area contributed by atoms with Gasteiger partial charge in [0.1, 0.15) is 5.75 Å². The van der Waals surface area contributed by atoms with Crippen LogP contribution in [0.4, 0.5) is 0 Å². The smallest absolute Gasteiger partial charge is 0.173 e. The van der Waals surface area contributed by atoms with Crippen LogP contribution in [0.15, 0.2) is 24.3 Å². The van der Waals surface area contributed by atoms with E-state index in [-0.39, 0.29) is 11.9 Å². The molecule has 0 fully saturated rings. The lowest BCUT2D eigenvalue weighted by Crippen LogP contribution is -2.24. The highest BCUT2D eigenvalue weighted by molar-refractivity contribution is 5.84. The summed E-state index contributed by atoms with van der Waals surface area (Å²) in [5, 5.41) is 0. The minimum Gasteiger partial charge on any atom is -0.482 e. The van der Waals surface area contributed by atoms with E-state index in [0.717, 1.165) is 17.7 Å². The van der Waals surface area contributed by atoms with Crippen LogP contribution in [-0.2, 0) is 11.2 Å². The summed E-state index contributed by atoms with van der Waals surface area (Å²) in [5.41, 5.74) is 1.15. The predicted octanol–water partition coefficient (Wildman–Crippen LogP) is 1.97. The fourth-order valence-electron chi connectivity index (χ4n) is 1.59. The molecule has 0 aliphatic carbocycles. The molecule has 0 saturated carbocycles. The number of rotatable bonds is 2. The Morgan fingerprint density at radius 1 is 1.54 bits per heavy atom. The summed E-state index contributed by atoms with van der Waals surface area (Å²) >= 11 is 0. The molecule has 1 aliphatic heterocycles. The fourth-order valence-corrected chi connectivity index (χ4v) is 1.59. The minimum absolute atomic E-state index is 0.191. The highest BCUT2D eigenvalue weighted by Gasteiger charge is 2.26. The second-order valence-corrected chi connectivity index (χ2v) is 3.24. The van der Waals surface area contributed by atoms with Crippen molar-refractivity contribution in [3.8, 4) is 5.75 Å². The lowest BCUT2D eigenvalue weighted by Gasteiger charge is -2.06. The molecule has 0 spiro atoms. The molecule has 1 atom stereocenters. The Hall–Kier alpha value is -1.31. The number of hydrogen-bond acceptors (Lipinski definition) is 2. The van der Waals surface area contributed by atoms with Gasteiger partial charge in [-0.05, 0) is 11.6 Å². The molecule has 1 unspecified atom stereocenters. The summed E-state index contributed by atoms with van der Waals surface area (Å²) in [6, 6.07) is 7.83. The number of carbonyl (C=O) groups excluding carboxylic acids is 1. The second kappa shape index (κ2) is 3.21. The number of fused-ring (bicyclic) bond motifs is 1. The normalized spacial score (nSPS) is 19.3. The third kappa shape index (κ3) is 1.44. The minimum atomic E-state index is -0.234. The van der Waals surface area contributed by atoms with Crippen molar-refractivity contribution in [1.82, 2.24) is 0 Å². The average Bonchev–Trinajstić information content (AvgIpc) is 2.59. The standard InChI is InChI=1S/C11H12O2/c1-2-9(12)11-7-8-5-3-4-6-10(8)13-11/h3-6,11H,2,7H2,1H3. The van der Waals surface area contributed by atoms with Gasteiger partial charge in [0.15, 0.2) is 11.9 Å². The van der Waals surface area contributed by atoms with Crippen molar-refractivity contribution in [1.29, 1.82) is 0 Å². The molecule has 0 saturated heterocycles. The van der Waals surface area contributed by atoms with Gasteiger partial charge in [-0.25, -0.2) is 0 Å². The topological polar surface area (TPSA) is 26.3 Å². The first-order valence-electron chi connectivity index (χ1n) is 4.58. The molecule has 0 radical (unpaired) electrons. The zero-order valence-electron chi connectivity index (χ0n) is 7.62. The fraction of sp³-hybridized carbons (Fsp3) is 0.364. The average molecular weight is 176 g/mol. The van der Waals surface area contributed by atoms with Crippen LogP contribution in [0, 0.1) is 0 Å². The van der Waals surface area contributed by atoms with Crippen LogP contribution in [-0.4, -0.2) is 11.9 Å². The SMILES string of the molecule is CCC(=O)C1Cc2ccccc2O1. The van der Waals surface area contributed by atoms with E-state index in [0.29, 0.717) is 6.42 Å².